The van der Waals surface area contributed by atoms with Crippen LogP contribution in [0.2, 0.25) is 0 Å². The SMILES string of the molecule is O=c1c2ccc(Nc3cc(N[C@H](CO)c4ccccc4)c(-c4nc(C56CCN(CC5)CC6)no4)cn3)c(F)c2n2n1CCOC2. The van der Waals surface area contributed by atoms with Gasteiger partial charge in [-0.05, 0) is 56.6 Å². The van der Waals surface area contributed by atoms with Crippen molar-refractivity contribution in [3.8, 4) is 11.5 Å². The number of piperidine rings is 3. The Bertz CT molecular complexity index is 1920. The van der Waals surface area contributed by atoms with Gasteiger partial charge in [0.25, 0.3) is 11.4 Å². The molecule has 0 unspecified atom stereocenters. The number of hydrogen-bond acceptors (Lipinski definition) is 10. The van der Waals surface area contributed by atoms with E-state index in [-0.39, 0.29) is 40.9 Å². The van der Waals surface area contributed by atoms with E-state index >= 15 is 4.39 Å². The van der Waals surface area contributed by atoms with Crippen LogP contribution in [0.25, 0.3) is 22.4 Å². The summed E-state index contributed by atoms with van der Waals surface area (Å²) in [6.07, 6.45) is 4.60. The third-order valence-electron chi connectivity index (χ3n) is 9.52. The standard InChI is InChI=1S/C32H33FN8O4/c33-27-23(7-6-21-28(27)41-19-44-15-14-40(41)30(21)43)36-26-16-24(35-25(18-42)20-4-2-1-3-5-20)22(17-34-26)29-37-31(38-45-29)32-8-11-39(12-9-32)13-10-32/h1-7,16-17,25,42H,8-15,18-19H2,(H2,34,35,36)/t25-/m1/s1. The maximum Gasteiger partial charge on any atom is 0.274 e. The van der Waals surface area contributed by atoms with E-state index in [1.54, 1.807) is 18.3 Å². The molecule has 3 saturated heterocycles. The van der Waals surface area contributed by atoms with E-state index in [0.29, 0.717) is 36.1 Å². The molecule has 3 fully saturated rings. The number of pyridine rings is 1. The Labute approximate surface area is 257 Å². The van der Waals surface area contributed by atoms with Crippen molar-refractivity contribution >= 4 is 28.1 Å². The summed E-state index contributed by atoms with van der Waals surface area (Å²) < 4.78 is 30.3. The molecule has 0 spiro atoms. The molecule has 3 aromatic heterocycles. The van der Waals surface area contributed by atoms with Gasteiger partial charge in [0.2, 0.25) is 0 Å². The number of benzene rings is 2. The molecule has 13 heteroatoms. The van der Waals surface area contributed by atoms with Crippen LogP contribution in [0, 0.1) is 5.82 Å². The van der Waals surface area contributed by atoms with E-state index in [9.17, 15) is 9.90 Å². The number of halogens is 1. The number of ether oxygens (including phenoxy) is 1. The van der Waals surface area contributed by atoms with Gasteiger partial charge in [0.15, 0.2) is 11.6 Å². The summed E-state index contributed by atoms with van der Waals surface area (Å²) in [6.45, 7) is 3.77. The molecule has 9 rings (SSSR count). The first-order valence-electron chi connectivity index (χ1n) is 15.3. The van der Waals surface area contributed by atoms with Gasteiger partial charge in [-0.15, -0.1) is 0 Å². The Kier molecular flexibility index (Phi) is 6.88. The highest BCUT2D eigenvalue weighted by molar-refractivity contribution is 5.85. The predicted molar refractivity (Wildman–Crippen MR) is 165 cm³/mol. The molecule has 2 bridgehead atoms. The molecule has 12 nitrogen and oxygen atoms in total. The fourth-order valence-corrected chi connectivity index (χ4v) is 6.88. The van der Waals surface area contributed by atoms with E-state index in [4.69, 9.17) is 14.2 Å². The smallest absolute Gasteiger partial charge is 0.274 e. The maximum atomic E-state index is 15.9. The molecule has 4 aliphatic rings. The average molecular weight is 613 g/mol. The molecule has 232 valence electrons. The van der Waals surface area contributed by atoms with Gasteiger partial charge in [-0.2, -0.15) is 4.98 Å². The van der Waals surface area contributed by atoms with Crippen molar-refractivity contribution in [3.05, 3.63) is 82.3 Å². The molecule has 3 N–H and O–H groups in total. The molecule has 0 amide bonds. The first-order valence-corrected chi connectivity index (χ1v) is 15.3. The lowest BCUT2D eigenvalue weighted by atomic mass is 9.71. The highest BCUT2D eigenvalue weighted by atomic mass is 19.1. The van der Waals surface area contributed by atoms with Crippen molar-refractivity contribution in [2.75, 3.05) is 43.5 Å². The zero-order chi connectivity index (χ0) is 30.5. The number of rotatable bonds is 8. The first kappa shape index (κ1) is 27.9. The van der Waals surface area contributed by atoms with E-state index in [1.165, 1.54) is 15.4 Å². The largest absolute Gasteiger partial charge is 0.394 e. The Morgan fingerprint density at radius 3 is 2.60 bits per heavy atom. The predicted octanol–water partition coefficient (Wildman–Crippen LogP) is 4.00. The third-order valence-corrected chi connectivity index (χ3v) is 9.52. The second kappa shape index (κ2) is 11.1. The number of aliphatic hydroxyl groups excluding tert-OH is 1. The number of nitrogens with zero attached hydrogens (tertiary/aromatic N) is 6. The number of aromatic nitrogens is 5. The van der Waals surface area contributed by atoms with Crippen molar-refractivity contribution in [3.63, 3.8) is 0 Å². The second-order valence-electron chi connectivity index (χ2n) is 12.0. The minimum atomic E-state index is -0.578. The van der Waals surface area contributed by atoms with Crippen LogP contribution in [0.5, 0.6) is 0 Å². The van der Waals surface area contributed by atoms with Crippen molar-refractivity contribution in [1.82, 2.24) is 29.4 Å². The summed E-state index contributed by atoms with van der Waals surface area (Å²) in [5.41, 5.74) is 2.03. The summed E-state index contributed by atoms with van der Waals surface area (Å²) in [4.78, 5) is 24.8. The normalized spacial score (nSPS) is 21.5. The fourth-order valence-electron chi connectivity index (χ4n) is 6.88. The van der Waals surface area contributed by atoms with E-state index < -0.39 is 11.9 Å². The number of nitrogens with one attached hydrogen (secondary N) is 2. The molecule has 4 aliphatic heterocycles. The highest BCUT2D eigenvalue weighted by Crippen LogP contribution is 2.42. The van der Waals surface area contributed by atoms with Gasteiger partial charge in [0.05, 0.1) is 48.1 Å². The van der Waals surface area contributed by atoms with Gasteiger partial charge in [0, 0.05) is 17.7 Å². The van der Waals surface area contributed by atoms with Crippen molar-refractivity contribution in [2.45, 2.75) is 44.0 Å². The monoisotopic (exact) mass is 612 g/mol. The summed E-state index contributed by atoms with van der Waals surface area (Å²) in [5, 5.41) is 21.6. The molecule has 1 atom stereocenters. The molecule has 0 aliphatic carbocycles. The van der Waals surface area contributed by atoms with Gasteiger partial charge < -0.3 is 29.9 Å². The van der Waals surface area contributed by atoms with Crippen LogP contribution in [-0.4, -0.2) is 67.3 Å². The lowest BCUT2D eigenvalue weighted by molar-refractivity contribution is 0.0176. The van der Waals surface area contributed by atoms with E-state index in [1.807, 2.05) is 30.3 Å². The zero-order valence-electron chi connectivity index (χ0n) is 24.6. The van der Waals surface area contributed by atoms with Gasteiger partial charge in [-0.3, -0.25) is 9.48 Å². The molecule has 0 radical (unpaired) electrons. The number of anilines is 3. The Balaban J connectivity index is 1.17. The van der Waals surface area contributed by atoms with Gasteiger partial charge >= 0.3 is 0 Å². The fraction of sp³-hybridized carbons (Fsp3) is 0.375. The van der Waals surface area contributed by atoms with Crippen LogP contribution in [0.4, 0.5) is 21.6 Å². The van der Waals surface area contributed by atoms with Gasteiger partial charge in [0.1, 0.15) is 18.1 Å². The quantitative estimate of drug-likeness (QED) is 0.236. The summed E-state index contributed by atoms with van der Waals surface area (Å²) in [7, 11) is 0. The van der Waals surface area contributed by atoms with Crippen LogP contribution in [-0.2, 0) is 23.4 Å². The zero-order valence-corrected chi connectivity index (χ0v) is 24.6. The topological polar surface area (TPSA) is 136 Å². The maximum absolute atomic E-state index is 15.9. The Morgan fingerprint density at radius 1 is 1.02 bits per heavy atom. The summed E-state index contributed by atoms with van der Waals surface area (Å²) >= 11 is 0. The molecule has 45 heavy (non-hydrogen) atoms. The molecule has 5 aromatic rings. The lowest BCUT2D eigenvalue weighted by Crippen LogP contribution is -2.51. The minimum Gasteiger partial charge on any atom is -0.394 e. The Hall–Kier alpha value is -4.59. The number of aliphatic hydroxyl groups is 1. The van der Waals surface area contributed by atoms with E-state index in [2.05, 4.69) is 25.7 Å². The van der Waals surface area contributed by atoms with Crippen LogP contribution >= 0.6 is 0 Å². The molecular weight excluding hydrogens is 579 g/mol. The highest BCUT2D eigenvalue weighted by Gasteiger charge is 2.44. The van der Waals surface area contributed by atoms with Gasteiger partial charge in [-0.25, -0.2) is 14.1 Å². The van der Waals surface area contributed by atoms with Crippen molar-refractivity contribution in [1.29, 1.82) is 0 Å². The summed E-state index contributed by atoms with van der Waals surface area (Å²) in [5.74, 6) is 0.813. The van der Waals surface area contributed by atoms with Crippen LogP contribution in [0.15, 0.2) is 64.0 Å². The summed E-state index contributed by atoms with van der Waals surface area (Å²) in [6, 6.07) is 14.0. The Morgan fingerprint density at radius 2 is 1.82 bits per heavy atom. The molecule has 7 heterocycles. The molecule has 0 saturated carbocycles. The third kappa shape index (κ3) is 4.78. The average Bonchev–Trinajstić information content (AvgIpc) is 3.71. The molecular formula is C32H33FN8O4. The van der Waals surface area contributed by atoms with E-state index in [0.717, 1.165) is 50.3 Å². The van der Waals surface area contributed by atoms with Crippen molar-refractivity contribution < 1.29 is 18.8 Å². The number of hydrogen-bond donors (Lipinski definition) is 3. The van der Waals surface area contributed by atoms with Crippen LogP contribution in [0.1, 0.15) is 36.7 Å². The number of fused-ring (bicyclic) bond motifs is 6. The van der Waals surface area contributed by atoms with Crippen molar-refractivity contribution in [2.24, 2.45) is 0 Å². The van der Waals surface area contributed by atoms with Crippen LogP contribution < -0.4 is 16.2 Å². The second-order valence-corrected chi connectivity index (χ2v) is 12.0. The lowest BCUT2D eigenvalue weighted by Gasteiger charge is -2.46. The first-order chi connectivity index (χ1) is 22.0. The van der Waals surface area contributed by atoms with Crippen LogP contribution in [0.3, 0.4) is 0 Å². The minimum absolute atomic E-state index is 0.0852. The molecule has 2 aromatic carbocycles. The van der Waals surface area contributed by atoms with Gasteiger partial charge in [-0.1, -0.05) is 35.5 Å².